The number of rotatable bonds is 6. The topological polar surface area (TPSA) is 108 Å². The Bertz CT molecular complexity index is 1260. The summed E-state index contributed by atoms with van der Waals surface area (Å²) in [6.07, 6.45) is 0.947. The summed E-state index contributed by atoms with van der Waals surface area (Å²) in [4.78, 5) is 12.8. The number of benzene rings is 2. The van der Waals surface area contributed by atoms with Crippen LogP contribution in [-0.2, 0) is 26.2 Å². The molecule has 0 spiro atoms. The number of esters is 1. The lowest BCUT2D eigenvalue weighted by Crippen LogP contribution is -2.41. The number of hydrogen-bond donors (Lipinski definition) is 0. The van der Waals surface area contributed by atoms with Gasteiger partial charge in [-0.1, -0.05) is 35.5 Å². The fourth-order valence-corrected chi connectivity index (χ4v) is 5.61. The summed E-state index contributed by atoms with van der Waals surface area (Å²) in [6.45, 7) is 0.892. The normalized spacial score (nSPS) is 18.2. The number of sulfonamides is 1. The highest BCUT2D eigenvalue weighted by Gasteiger charge is 2.41. The minimum absolute atomic E-state index is 0.0513. The predicted octanol–water partition coefficient (Wildman–Crippen LogP) is 3.01. The molecule has 1 fully saturated rings. The van der Waals surface area contributed by atoms with Gasteiger partial charge in [0, 0.05) is 24.2 Å². The fourth-order valence-electron chi connectivity index (χ4n) is 3.94. The van der Waals surface area contributed by atoms with Gasteiger partial charge in [0.15, 0.2) is 17.3 Å². The highest BCUT2D eigenvalue weighted by Crippen LogP contribution is 2.35. The van der Waals surface area contributed by atoms with Crippen LogP contribution < -0.4 is 9.47 Å². The lowest BCUT2D eigenvalue weighted by atomic mass is 10.2. The van der Waals surface area contributed by atoms with Gasteiger partial charge in [-0.3, -0.25) is 4.79 Å². The molecule has 3 heterocycles. The second-order valence-corrected chi connectivity index (χ2v) is 9.63. The SMILES string of the molecule is O=C(OCc1cc(-c2ccccc2)on1)[C@@H]1CCCN1S(=O)(=O)c1ccc2c(c1)OCCO2. The molecule has 1 atom stereocenters. The Morgan fingerprint density at radius 2 is 1.85 bits per heavy atom. The average molecular weight is 471 g/mol. The van der Waals surface area contributed by atoms with Crippen LogP contribution in [0, 0.1) is 0 Å². The van der Waals surface area contributed by atoms with Gasteiger partial charge in [0.1, 0.15) is 31.6 Å². The smallest absolute Gasteiger partial charge is 0.324 e. The lowest BCUT2D eigenvalue weighted by molar-refractivity contribution is -0.148. The van der Waals surface area contributed by atoms with Crippen LogP contribution in [-0.4, -0.2) is 49.6 Å². The Morgan fingerprint density at radius 1 is 1.06 bits per heavy atom. The molecular weight excluding hydrogens is 448 g/mol. The van der Waals surface area contributed by atoms with Gasteiger partial charge in [0.2, 0.25) is 10.0 Å². The van der Waals surface area contributed by atoms with E-state index in [1.54, 1.807) is 12.1 Å². The van der Waals surface area contributed by atoms with Crippen molar-refractivity contribution in [3.05, 3.63) is 60.3 Å². The molecule has 0 amide bonds. The van der Waals surface area contributed by atoms with Gasteiger partial charge in [-0.2, -0.15) is 4.31 Å². The first kappa shape index (κ1) is 21.5. The van der Waals surface area contributed by atoms with Crippen molar-refractivity contribution in [3.63, 3.8) is 0 Å². The number of aromatic nitrogens is 1. The van der Waals surface area contributed by atoms with Crippen LogP contribution >= 0.6 is 0 Å². The van der Waals surface area contributed by atoms with Crippen molar-refractivity contribution >= 4 is 16.0 Å². The van der Waals surface area contributed by atoms with E-state index in [2.05, 4.69) is 5.16 Å². The Morgan fingerprint density at radius 3 is 2.67 bits per heavy atom. The van der Waals surface area contributed by atoms with Gasteiger partial charge < -0.3 is 18.7 Å². The first-order chi connectivity index (χ1) is 16.0. The van der Waals surface area contributed by atoms with Crippen LogP contribution in [0.3, 0.4) is 0 Å². The van der Waals surface area contributed by atoms with Crippen LogP contribution in [0.5, 0.6) is 11.5 Å². The molecular formula is C23H22N2O7S. The van der Waals surface area contributed by atoms with Crippen molar-refractivity contribution < 1.29 is 31.9 Å². The maximum Gasteiger partial charge on any atom is 0.324 e. The van der Waals surface area contributed by atoms with Gasteiger partial charge in [-0.15, -0.1) is 0 Å². The van der Waals surface area contributed by atoms with E-state index in [9.17, 15) is 13.2 Å². The molecule has 1 aromatic heterocycles. The predicted molar refractivity (Wildman–Crippen MR) is 116 cm³/mol. The Labute approximate surface area is 190 Å². The molecule has 0 unspecified atom stereocenters. The Hall–Kier alpha value is -3.37. The van der Waals surface area contributed by atoms with E-state index < -0.39 is 22.0 Å². The molecule has 10 heteroatoms. The van der Waals surface area contributed by atoms with Gasteiger partial charge in [0.05, 0.1) is 4.90 Å². The van der Waals surface area contributed by atoms with Crippen molar-refractivity contribution in [2.24, 2.45) is 0 Å². The van der Waals surface area contributed by atoms with Gasteiger partial charge in [0.25, 0.3) is 0 Å². The fraction of sp³-hybridized carbons (Fsp3) is 0.304. The van der Waals surface area contributed by atoms with Crippen molar-refractivity contribution in [2.45, 2.75) is 30.4 Å². The van der Waals surface area contributed by atoms with Crippen LogP contribution in [0.25, 0.3) is 11.3 Å². The molecule has 0 saturated carbocycles. The van der Waals surface area contributed by atoms with E-state index in [4.69, 9.17) is 18.7 Å². The van der Waals surface area contributed by atoms with Crippen LogP contribution in [0.2, 0.25) is 0 Å². The zero-order chi connectivity index (χ0) is 22.8. The standard InChI is InChI=1S/C23H22N2O7S/c26-23(31-15-17-13-21(32-24-17)16-5-2-1-3-6-16)19-7-4-10-25(19)33(27,28)18-8-9-20-22(14-18)30-12-11-29-20/h1-3,5-6,8-9,13-14,19H,4,7,10-12,15H2/t19-/m0/s1. The van der Waals surface area contributed by atoms with E-state index in [0.717, 1.165) is 5.56 Å². The highest BCUT2D eigenvalue weighted by atomic mass is 32.2. The molecule has 5 rings (SSSR count). The molecule has 0 aliphatic carbocycles. The minimum Gasteiger partial charge on any atom is -0.486 e. The summed E-state index contributed by atoms with van der Waals surface area (Å²) in [6, 6.07) is 14.7. The van der Waals surface area contributed by atoms with E-state index >= 15 is 0 Å². The summed E-state index contributed by atoms with van der Waals surface area (Å²) in [5.74, 6) is 0.823. The van der Waals surface area contributed by atoms with Crippen molar-refractivity contribution in [1.29, 1.82) is 0 Å². The first-order valence-electron chi connectivity index (χ1n) is 10.6. The number of ether oxygens (including phenoxy) is 3. The third-order valence-corrected chi connectivity index (χ3v) is 7.48. The molecule has 2 aromatic carbocycles. The molecule has 1 saturated heterocycles. The summed E-state index contributed by atoms with van der Waals surface area (Å²) >= 11 is 0. The highest BCUT2D eigenvalue weighted by molar-refractivity contribution is 7.89. The molecule has 2 aliphatic heterocycles. The average Bonchev–Trinajstić information content (AvgIpc) is 3.53. The van der Waals surface area contributed by atoms with Crippen molar-refractivity contribution in [2.75, 3.05) is 19.8 Å². The summed E-state index contributed by atoms with van der Waals surface area (Å²) < 4.78 is 49.4. The maximum absolute atomic E-state index is 13.3. The van der Waals surface area contributed by atoms with E-state index in [-0.39, 0.29) is 18.0 Å². The number of fused-ring (bicyclic) bond motifs is 1. The molecule has 33 heavy (non-hydrogen) atoms. The zero-order valence-corrected chi connectivity index (χ0v) is 18.5. The van der Waals surface area contributed by atoms with Crippen LogP contribution in [0.15, 0.2) is 64.0 Å². The number of carbonyl (C=O) groups is 1. The number of nitrogens with zero attached hydrogens (tertiary/aromatic N) is 2. The Kier molecular flexibility index (Phi) is 5.77. The van der Waals surface area contributed by atoms with E-state index in [0.29, 0.717) is 49.0 Å². The lowest BCUT2D eigenvalue weighted by Gasteiger charge is -2.24. The van der Waals surface area contributed by atoms with Crippen molar-refractivity contribution in [1.82, 2.24) is 9.46 Å². The third kappa shape index (κ3) is 4.31. The van der Waals surface area contributed by atoms with Crippen LogP contribution in [0.1, 0.15) is 18.5 Å². The molecule has 9 nitrogen and oxygen atoms in total. The number of hydrogen-bond acceptors (Lipinski definition) is 8. The summed E-state index contributed by atoms with van der Waals surface area (Å²) in [5.41, 5.74) is 1.30. The third-order valence-electron chi connectivity index (χ3n) is 5.58. The summed E-state index contributed by atoms with van der Waals surface area (Å²) in [5, 5.41) is 3.94. The van der Waals surface area contributed by atoms with Crippen LogP contribution in [0.4, 0.5) is 0 Å². The van der Waals surface area contributed by atoms with Crippen molar-refractivity contribution in [3.8, 4) is 22.8 Å². The van der Waals surface area contributed by atoms with Gasteiger partial charge in [-0.25, -0.2) is 8.42 Å². The molecule has 0 radical (unpaired) electrons. The Balaban J connectivity index is 1.27. The second-order valence-electron chi connectivity index (χ2n) is 7.74. The second kappa shape index (κ2) is 8.87. The number of carbonyl (C=O) groups excluding carboxylic acids is 1. The quantitative estimate of drug-likeness (QED) is 0.506. The monoisotopic (exact) mass is 470 g/mol. The zero-order valence-electron chi connectivity index (χ0n) is 17.7. The van der Waals surface area contributed by atoms with Gasteiger partial charge in [-0.05, 0) is 25.0 Å². The van der Waals surface area contributed by atoms with E-state index in [1.807, 2.05) is 30.3 Å². The molecule has 2 aliphatic rings. The van der Waals surface area contributed by atoms with Gasteiger partial charge >= 0.3 is 5.97 Å². The molecule has 0 bridgehead atoms. The largest absolute Gasteiger partial charge is 0.486 e. The minimum atomic E-state index is -3.92. The molecule has 172 valence electrons. The first-order valence-corrected chi connectivity index (χ1v) is 12.1. The summed E-state index contributed by atoms with van der Waals surface area (Å²) in [7, 11) is -3.92. The molecule has 0 N–H and O–H groups in total. The maximum atomic E-state index is 13.3. The van der Waals surface area contributed by atoms with E-state index in [1.165, 1.54) is 16.4 Å². The molecule has 3 aromatic rings.